The normalized spacial score (nSPS) is 15.9. The van der Waals surface area contributed by atoms with Crippen molar-refractivity contribution < 1.29 is 19.1 Å². The highest BCUT2D eigenvalue weighted by Crippen LogP contribution is 2.40. The standard InChI is InChI=1S/C22H27N3O4/c1-4-23-22(27)24-20(26)14-25-11-10-16-12-18(28-2)19(29-3)13-17(16)21(25)15-8-6-5-7-9-15/h5-9,12-13,21H,4,10-11,14H2,1-3H3,(H2,23,24,26,27)/t21-/m0/s1. The summed E-state index contributed by atoms with van der Waals surface area (Å²) in [5.74, 6) is 1.02. The molecule has 1 atom stereocenters. The Morgan fingerprint density at radius 1 is 1.10 bits per heavy atom. The van der Waals surface area contributed by atoms with Crippen molar-refractivity contribution in [2.24, 2.45) is 0 Å². The summed E-state index contributed by atoms with van der Waals surface area (Å²) in [6.45, 7) is 3.07. The van der Waals surface area contributed by atoms with Gasteiger partial charge in [0.15, 0.2) is 11.5 Å². The number of amides is 3. The van der Waals surface area contributed by atoms with Gasteiger partial charge in [0.2, 0.25) is 5.91 Å². The first kappa shape index (κ1) is 20.7. The monoisotopic (exact) mass is 397 g/mol. The van der Waals surface area contributed by atoms with E-state index >= 15 is 0 Å². The van der Waals surface area contributed by atoms with E-state index in [9.17, 15) is 9.59 Å². The van der Waals surface area contributed by atoms with Crippen LogP contribution in [-0.2, 0) is 11.2 Å². The molecule has 3 rings (SSSR count). The van der Waals surface area contributed by atoms with Crippen molar-refractivity contribution in [2.45, 2.75) is 19.4 Å². The molecule has 2 aromatic carbocycles. The number of rotatable bonds is 6. The largest absolute Gasteiger partial charge is 0.493 e. The molecular weight excluding hydrogens is 370 g/mol. The van der Waals surface area contributed by atoms with E-state index in [4.69, 9.17) is 9.47 Å². The topological polar surface area (TPSA) is 79.9 Å². The highest BCUT2D eigenvalue weighted by molar-refractivity contribution is 5.95. The highest BCUT2D eigenvalue weighted by atomic mass is 16.5. The first-order valence-corrected chi connectivity index (χ1v) is 9.68. The molecule has 7 nitrogen and oxygen atoms in total. The van der Waals surface area contributed by atoms with Crippen molar-refractivity contribution in [1.29, 1.82) is 0 Å². The fraction of sp³-hybridized carbons (Fsp3) is 0.364. The predicted octanol–water partition coefficient (Wildman–Crippen LogP) is 2.50. The van der Waals surface area contributed by atoms with E-state index in [0.29, 0.717) is 24.6 Å². The number of ether oxygens (including phenoxy) is 2. The molecule has 0 saturated carbocycles. The average molecular weight is 397 g/mol. The van der Waals surface area contributed by atoms with Crippen LogP contribution in [0.1, 0.15) is 29.7 Å². The molecule has 0 unspecified atom stereocenters. The zero-order chi connectivity index (χ0) is 20.8. The molecular formula is C22H27N3O4. The number of fused-ring (bicyclic) bond motifs is 1. The summed E-state index contributed by atoms with van der Waals surface area (Å²) in [6.07, 6.45) is 0.771. The number of methoxy groups -OCH3 is 2. The molecule has 0 aromatic heterocycles. The molecule has 0 radical (unpaired) electrons. The summed E-state index contributed by atoms with van der Waals surface area (Å²) >= 11 is 0. The Balaban J connectivity index is 1.94. The molecule has 0 fully saturated rings. The quantitative estimate of drug-likeness (QED) is 0.783. The molecule has 1 aliphatic rings. The van der Waals surface area contributed by atoms with Crippen molar-refractivity contribution in [2.75, 3.05) is 33.9 Å². The van der Waals surface area contributed by atoms with Crippen molar-refractivity contribution in [3.8, 4) is 11.5 Å². The lowest BCUT2D eigenvalue weighted by atomic mass is 9.87. The molecule has 0 bridgehead atoms. The first-order chi connectivity index (χ1) is 14.1. The van der Waals surface area contributed by atoms with Gasteiger partial charge in [0.25, 0.3) is 0 Å². The van der Waals surface area contributed by atoms with Gasteiger partial charge < -0.3 is 14.8 Å². The third-order valence-electron chi connectivity index (χ3n) is 5.03. The Bertz CT molecular complexity index is 870. The van der Waals surface area contributed by atoms with Crippen molar-refractivity contribution >= 4 is 11.9 Å². The third-order valence-corrected chi connectivity index (χ3v) is 5.03. The number of carbonyl (C=O) groups excluding carboxylic acids is 2. The molecule has 1 aliphatic heterocycles. The third kappa shape index (κ3) is 4.68. The highest BCUT2D eigenvalue weighted by Gasteiger charge is 2.31. The van der Waals surface area contributed by atoms with E-state index in [2.05, 4.69) is 15.5 Å². The van der Waals surface area contributed by atoms with Gasteiger partial charge in [-0.25, -0.2) is 4.79 Å². The summed E-state index contributed by atoms with van der Waals surface area (Å²) in [5.41, 5.74) is 3.31. The van der Waals surface area contributed by atoms with Crippen LogP contribution in [0.4, 0.5) is 4.79 Å². The van der Waals surface area contributed by atoms with Crippen LogP contribution in [0.3, 0.4) is 0 Å². The van der Waals surface area contributed by atoms with Crippen LogP contribution in [0.5, 0.6) is 11.5 Å². The van der Waals surface area contributed by atoms with E-state index in [1.807, 2.05) is 42.5 Å². The molecule has 1 heterocycles. The summed E-state index contributed by atoms with van der Waals surface area (Å²) < 4.78 is 11.0. The van der Waals surface area contributed by atoms with Crippen molar-refractivity contribution in [3.63, 3.8) is 0 Å². The van der Waals surface area contributed by atoms with Gasteiger partial charge in [-0.05, 0) is 42.2 Å². The summed E-state index contributed by atoms with van der Waals surface area (Å²) in [7, 11) is 3.24. The van der Waals surface area contributed by atoms with Gasteiger partial charge in [-0.15, -0.1) is 0 Å². The van der Waals surface area contributed by atoms with Crippen LogP contribution in [0.2, 0.25) is 0 Å². The predicted molar refractivity (Wildman–Crippen MR) is 110 cm³/mol. The van der Waals surface area contributed by atoms with Gasteiger partial charge >= 0.3 is 6.03 Å². The fourth-order valence-corrected chi connectivity index (χ4v) is 3.75. The molecule has 0 spiro atoms. The van der Waals surface area contributed by atoms with Crippen LogP contribution >= 0.6 is 0 Å². The molecule has 2 aromatic rings. The van der Waals surface area contributed by atoms with Crippen molar-refractivity contribution in [1.82, 2.24) is 15.5 Å². The van der Waals surface area contributed by atoms with Gasteiger partial charge in [0.05, 0.1) is 26.8 Å². The fourth-order valence-electron chi connectivity index (χ4n) is 3.75. The molecule has 2 N–H and O–H groups in total. The van der Waals surface area contributed by atoms with Gasteiger partial charge in [0, 0.05) is 13.1 Å². The first-order valence-electron chi connectivity index (χ1n) is 9.68. The Labute approximate surface area is 171 Å². The average Bonchev–Trinajstić information content (AvgIpc) is 2.73. The van der Waals surface area contributed by atoms with Crippen LogP contribution in [0.25, 0.3) is 0 Å². The smallest absolute Gasteiger partial charge is 0.321 e. The second kappa shape index (κ2) is 9.43. The molecule has 154 valence electrons. The van der Waals surface area contributed by atoms with E-state index in [1.165, 1.54) is 0 Å². The van der Waals surface area contributed by atoms with Crippen molar-refractivity contribution in [3.05, 3.63) is 59.2 Å². The summed E-state index contributed by atoms with van der Waals surface area (Å²) in [5, 5.41) is 4.97. The Morgan fingerprint density at radius 3 is 2.45 bits per heavy atom. The molecule has 29 heavy (non-hydrogen) atoms. The number of hydrogen-bond acceptors (Lipinski definition) is 5. The van der Waals surface area contributed by atoms with Crippen LogP contribution in [0.15, 0.2) is 42.5 Å². The SMILES string of the molecule is CCNC(=O)NC(=O)CN1CCc2cc(OC)c(OC)cc2[C@@H]1c1ccccc1. The zero-order valence-electron chi connectivity index (χ0n) is 17.0. The number of imide groups is 1. The maximum absolute atomic E-state index is 12.5. The van der Waals surface area contributed by atoms with Gasteiger partial charge in [-0.2, -0.15) is 0 Å². The zero-order valence-corrected chi connectivity index (χ0v) is 17.0. The number of benzene rings is 2. The molecule has 3 amide bonds. The Morgan fingerprint density at radius 2 is 1.79 bits per heavy atom. The molecule has 7 heteroatoms. The number of nitrogens with one attached hydrogen (secondary N) is 2. The van der Waals surface area contributed by atoms with Gasteiger partial charge in [-0.3, -0.25) is 15.0 Å². The molecule has 0 aliphatic carbocycles. The number of hydrogen-bond donors (Lipinski definition) is 2. The van der Waals surface area contributed by atoms with E-state index < -0.39 is 6.03 Å². The lowest BCUT2D eigenvalue weighted by Crippen LogP contribution is -2.47. The van der Waals surface area contributed by atoms with E-state index in [0.717, 1.165) is 23.1 Å². The minimum atomic E-state index is -0.474. The molecule has 0 saturated heterocycles. The summed E-state index contributed by atoms with van der Waals surface area (Å²) in [4.78, 5) is 26.2. The van der Waals surface area contributed by atoms with E-state index in [-0.39, 0.29) is 18.5 Å². The maximum Gasteiger partial charge on any atom is 0.321 e. The number of carbonyl (C=O) groups is 2. The van der Waals surface area contributed by atoms with Crippen LogP contribution in [-0.4, -0.2) is 50.7 Å². The van der Waals surface area contributed by atoms with E-state index in [1.54, 1.807) is 21.1 Å². The second-order valence-electron chi connectivity index (χ2n) is 6.85. The summed E-state index contributed by atoms with van der Waals surface area (Å²) in [6, 6.07) is 13.4. The lowest BCUT2D eigenvalue weighted by Gasteiger charge is -2.37. The minimum absolute atomic E-state index is 0.116. The number of nitrogens with zero attached hydrogens (tertiary/aromatic N) is 1. The second-order valence-corrected chi connectivity index (χ2v) is 6.85. The van der Waals surface area contributed by atoms with Gasteiger partial charge in [-0.1, -0.05) is 30.3 Å². The minimum Gasteiger partial charge on any atom is -0.493 e. The Kier molecular flexibility index (Phi) is 6.72. The maximum atomic E-state index is 12.5. The Hall–Kier alpha value is -3.06. The van der Waals surface area contributed by atoms with Gasteiger partial charge in [0.1, 0.15) is 0 Å². The number of urea groups is 1. The van der Waals surface area contributed by atoms with Crippen LogP contribution < -0.4 is 20.1 Å². The van der Waals surface area contributed by atoms with Crippen LogP contribution in [0, 0.1) is 0 Å². The lowest BCUT2D eigenvalue weighted by molar-refractivity contribution is -0.121.